The number of nitrogens with one attached hydrogen (secondary N) is 1. The van der Waals surface area contributed by atoms with Crippen molar-refractivity contribution in [1.82, 2.24) is 5.32 Å². The number of furan rings is 1. The monoisotopic (exact) mass is 307 g/mol. The van der Waals surface area contributed by atoms with E-state index in [2.05, 4.69) is 35.1 Å². The van der Waals surface area contributed by atoms with Gasteiger partial charge in [0.2, 0.25) is 0 Å². The second-order valence-corrected chi connectivity index (χ2v) is 5.07. The zero-order valence-corrected chi connectivity index (χ0v) is 11.6. The maximum Gasteiger partial charge on any atom is 0.287 e. The third kappa shape index (κ3) is 3.83. The topological polar surface area (TPSA) is 42.2 Å². The fourth-order valence-corrected chi connectivity index (χ4v) is 2.00. The van der Waals surface area contributed by atoms with E-state index >= 15 is 0 Å². The molecule has 1 aromatic heterocycles. The van der Waals surface area contributed by atoms with Gasteiger partial charge in [0, 0.05) is 11.4 Å². The van der Waals surface area contributed by atoms with Gasteiger partial charge in [0.1, 0.15) is 0 Å². The molecule has 0 saturated heterocycles. The average Bonchev–Trinajstić information content (AvgIpc) is 2.64. The summed E-state index contributed by atoms with van der Waals surface area (Å²) in [5.74, 6) is 0.420. The zero-order chi connectivity index (χ0) is 12.1. The smallest absolute Gasteiger partial charge is 0.287 e. The van der Waals surface area contributed by atoms with Crippen LogP contribution in [-0.4, -0.2) is 17.3 Å². The molecule has 0 radical (unpaired) electrons. The third-order valence-electron chi connectivity index (χ3n) is 2.34. The van der Waals surface area contributed by atoms with Crippen molar-refractivity contribution in [1.29, 1.82) is 0 Å². The molecule has 0 aromatic carbocycles. The van der Waals surface area contributed by atoms with Crippen LogP contribution < -0.4 is 5.32 Å². The van der Waals surface area contributed by atoms with Crippen LogP contribution in [0.3, 0.4) is 0 Å². The van der Waals surface area contributed by atoms with E-state index in [4.69, 9.17) is 16.0 Å². The molecule has 1 aromatic rings. The van der Waals surface area contributed by atoms with E-state index in [1.54, 1.807) is 12.1 Å². The summed E-state index contributed by atoms with van der Waals surface area (Å²) >= 11 is 8.98. The van der Waals surface area contributed by atoms with Crippen LogP contribution in [0.5, 0.6) is 0 Å². The van der Waals surface area contributed by atoms with Gasteiger partial charge in [0.05, 0.1) is 0 Å². The Balaban J connectivity index is 2.61. The number of hydrogen-bond donors (Lipinski definition) is 1. The van der Waals surface area contributed by atoms with Crippen molar-refractivity contribution >= 4 is 33.4 Å². The van der Waals surface area contributed by atoms with Crippen LogP contribution in [0.25, 0.3) is 0 Å². The van der Waals surface area contributed by atoms with Crippen molar-refractivity contribution in [3.8, 4) is 0 Å². The van der Waals surface area contributed by atoms with Gasteiger partial charge in [-0.3, -0.25) is 4.79 Å². The molecule has 5 heteroatoms. The summed E-state index contributed by atoms with van der Waals surface area (Å²) in [6, 6.07) is 3.27. The summed E-state index contributed by atoms with van der Waals surface area (Å²) in [6.07, 6.45) is 0.887. The number of halogens is 2. The number of rotatable bonds is 5. The van der Waals surface area contributed by atoms with E-state index in [1.807, 2.05) is 0 Å². The minimum atomic E-state index is -0.216. The molecular formula is C11H15BrClNO2. The minimum absolute atomic E-state index is 0.135. The number of hydrogen-bond acceptors (Lipinski definition) is 2. The Morgan fingerprint density at radius 3 is 2.69 bits per heavy atom. The Hall–Kier alpha value is -0.480. The summed E-state index contributed by atoms with van der Waals surface area (Å²) in [5.41, 5.74) is 0. The molecule has 16 heavy (non-hydrogen) atoms. The molecule has 1 unspecified atom stereocenters. The van der Waals surface area contributed by atoms with Crippen molar-refractivity contribution in [2.24, 2.45) is 5.92 Å². The molecule has 0 bridgehead atoms. The van der Waals surface area contributed by atoms with Gasteiger partial charge in [-0.2, -0.15) is 0 Å². The van der Waals surface area contributed by atoms with Crippen molar-refractivity contribution < 1.29 is 9.21 Å². The Bertz CT molecular complexity index is 352. The number of carbonyl (C=O) groups excluding carboxylic acids is 1. The minimum Gasteiger partial charge on any atom is -0.440 e. The van der Waals surface area contributed by atoms with Crippen LogP contribution in [0, 0.1) is 5.92 Å². The number of amides is 1. The second kappa shape index (κ2) is 6.30. The molecule has 0 aliphatic rings. The number of alkyl halides is 1. The molecule has 0 fully saturated rings. The van der Waals surface area contributed by atoms with Crippen molar-refractivity contribution in [2.75, 3.05) is 5.33 Å². The summed E-state index contributed by atoms with van der Waals surface area (Å²) < 4.78 is 5.05. The molecule has 1 atom stereocenters. The summed E-state index contributed by atoms with van der Waals surface area (Å²) in [4.78, 5) is 11.8. The van der Waals surface area contributed by atoms with Crippen LogP contribution in [0.15, 0.2) is 16.5 Å². The predicted molar refractivity (Wildman–Crippen MR) is 68.2 cm³/mol. The van der Waals surface area contributed by atoms with E-state index in [0.29, 0.717) is 5.92 Å². The van der Waals surface area contributed by atoms with Crippen molar-refractivity contribution in [3.63, 3.8) is 0 Å². The molecule has 90 valence electrons. The fraction of sp³-hybridized carbons (Fsp3) is 0.545. The van der Waals surface area contributed by atoms with Gasteiger partial charge in [-0.05, 0) is 36.1 Å². The maximum absolute atomic E-state index is 11.8. The number of carbonyl (C=O) groups is 1. The molecule has 0 saturated carbocycles. The fourth-order valence-electron chi connectivity index (χ4n) is 1.37. The normalized spacial score (nSPS) is 12.8. The Morgan fingerprint density at radius 1 is 1.56 bits per heavy atom. The van der Waals surface area contributed by atoms with Gasteiger partial charge >= 0.3 is 0 Å². The highest BCUT2D eigenvalue weighted by Gasteiger charge is 2.18. The van der Waals surface area contributed by atoms with Gasteiger partial charge in [0.25, 0.3) is 5.91 Å². The van der Waals surface area contributed by atoms with E-state index in [1.165, 1.54) is 0 Å². The first-order chi connectivity index (χ1) is 7.54. The zero-order valence-electron chi connectivity index (χ0n) is 9.30. The molecule has 0 aliphatic carbocycles. The molecule has 3 nitrogen and oxygen atoms in total. The van der Waals surface area contributed by atoms with Gasteiger partial charge in [0.15, 0.2) is 11.0 Å². The van der Waals surface area contributed by atoms with Crippen LogP contribution in [0.4, 0.5) is 0 Å². The Morgan fingerprint density at radius 2 is 2.25 bits per heavy atom. The SMILES string of the molecule is CC(C)C(CCBr)NC(=O)c1ccc(Cl)o1. The standard InChI is InChI=1S/C11H15BrClNO2/c1-7(2)8(5-6-12)14-11(15)9-3-4-10(13)16-9/h3-4,7-8H,5-6H2,1-2H3,(H,14,15). The highest BCUT2D eigenvalue weighted by Crippen LogP contribution is 2.14. The Kier molecular flexibility index (Phi) is 5.35. The van der Waals surface area contributed by atoms with E-state index in [-0.39, 0.29) is 22.9 Å². The third-order valence-corrected chi connectivity index (χ3v) is 3.00. The van der Waals surface area contributed by atoms with Gasteiger partial charge in [-0.15, -0.1) is 0 Å². The highest BCUT2D eigenvalue weighted by atomic mass is 79.9. The van der Waals surface area contributed by atoms with Gasteiger partial charge in [-0.25, -0.2) is 0 Å². The molecule has 1 amide bonds. The van der Waals surface area contributed by atoms with Crippen molar-refractivity contribution in [2.45, 2.75) is 26.3 Å². The highest BCUT2D eigenvalue weighted by molar-refractivity contribution is 9.09. The van der Waals surface area contributed by atoms with E-state index < -0.39 is 0 Å². The van der Waals surface area contributed by atoms with Crippen LogP contribution >= 0.6 is 27.5 Å². The van der Waals surface area contributed by atoms with E-state index in [9.17, 15) is 4.79 Å². The quantitative estimate of drug-likeness (QED) is 0.846. The lowest BCUT2D eigenvalue weighted by Gasteiger charge is -2.20. The lowest BCUT2D eigenvalue weighted by molar-refractivity contribution is 0.0897. The molecular weight excluding hydrogens is 293 g/mol. The predicted octanol–water partition coefficient (Wildman–Crippen LogP) is 3.47. The molecule has 0 aliphatic heterocycles. The lowest BCUT2D eigenvalue weighted by Crippen LogP contribution is -2.38. The Labute approximate surface area is 109 Å². The van der Waals surface area contributed by atoms with Crippen LogP contribution in [0.1, 0.15) is 30.8 Å². The summed E-state index contributed by atoms with van der Waals surface area (Å²) in [6.45, 7) is 4.14. The van der Waals surface area contributed by atoms with Crippen LogP contribution in [-0.2, 0) is 0 Å². The van der Waals surface area contributed by atoms with Crippen LogP contribution in [0.2, 0.25) is 5.22 Å². The first-order valence-electron chi connectivity index (χ1n) is 5.16. The van der Waals surface area contributed by atoms with Gasteiger partial charge in [-0.1, -0.05) is 29.8 Å². The first kappa shape index (κ1) is 13.6. The largest absolute Gasteiger partial charge is 0.440 e. The lowest BCUT2D eigenvalue weighted by atomic mass is 10.0. The molecule has 1 rings (SSSR count). The summed E-state index contributed by atoms with van der Waals surface area (Å²) in [5, 5.41) is 4.01. The van der Waals surface area contributed by atoms with Crippen molar-refractivity contribution in [3.05, 3.63) is 23.1 Å². The van der Waals surface area contributed by atoms with E-state index in [0.717, 1.165) is 11.8 Å². The second-order valence-electron chi connectivity index (χ2n) is 3.91. The first-order valence-corrected chi connectivity index (χ1v) is 6.66. The maximum atomic E-state index is 11.8. The molecule has 1 heterocycles. The summed E-state index contributed by atoms with van der Waals surface area (Å²) in [7, 11) is 0. The average molecular weight is 309 g/mol. The molecule has 1 N–H and O–H groups in total. The molecule has 0 spiro atoms. The van der Waals surface area contributed by atoms with Gasteiger partial charge < -0.3 is 9.73 Å².